The lowest BCUT2D eigenvalue weighted by molar-refractivity contribution is -0.134. The highest BCUT2D eigenvalue weighted by Gasteiger charge is 2.36. The Bertz CT molecular complexity index is 488. The van der Waals surface area contributed by atoms with Crippen molar-refractivity contribution in [3.8, 4) is 0 Å². The molecular formula is C18H27ClN2O. The molecule has 0 aliphatic heterocycles. The Morgan fingerprint density at radius 1 is 1.27 bits per heavy atom. The number of unbranched alkanes of at least 4 members (excludes halogenated alkanes) is 3. The lowest BCUT2D eigenvalue weighted by Crippen LogP contribution is -2.35. The molecule has 1 fully saturated rings. The van der Waals surface area contributed by atoms with Gasteiger partial charge in [0.05, 0.1) is 6.04 Å². The monoisotopic (exact) mass is 322 g/mol. The fraction of sp³-hybridized carbons (Fsp3) is 0.611. The number of nitrogens with two attached hydrogens (primary N) is 1. The van der Waals surface area contributed by atoms with Crippen molar-refractivity contribution < 1.29 is 4.79 Å². The average Bonchev–Trinajstić information content (AvgIpc) is 3.32. The van der Waals surface area contributed by atoms with Crippen LogP contribution >= 0.6 is 11.6 Å². The molecule has 0 saturated heterocycles. The van der Waals surface area contributed by atoms with E-state index in [0.717, 1.165) is 55.7 Å². The number of halogens is 1. The van der Waals surface area contributed by atoms with Gasteiger partial charge >= 0.3 is 0 Å². The summed E-state index contributed by atoms with van der Waals surface area (Å²) in [5.74, 6) is 0.266. The van der Waals surface area contributed by atoms with Gasteiger partial charge < -0.3 is 10.6 Å². The second-order valence-corrected chi connectivity index (χ2v) is 6.59. The SMILES string of the molecule is CC(c1ccccc1Cl)N(C(=O)CCCCCCN)C1CC1. The summed E-state index contributed by atoms with van der Waals surface area (Å²) in [7, 11) is 0. The molecule has 4 heteroatoms. The van der Waals surface area contributed by atoms with Crippen LogP contribution in [0.1, 0.15) is 63.5 Å². The standard InChI is InChI=1S/C18H27ClN2O/c1-14(16-8-5-6-9-17(16)19)21(15-11-12-15)18(22)10-4-2-3-7-13-20/h5-6,8-9,14-15H,2-4,7,10-13,20H2,1H3. The van der Waals surface area contributed by atoms with Gasteiger partial charge in [-0.25, -0.2) is 0 Å². The summed E-state index contributed by atoms with van der Waals surface area (Å²) in [6.45, 7) is 2.83. The van der Waals surface area contributed by atoms with E-state index in [9.17, 15) is 4.79 Å². The molecule has 0 radical (unpaired) electrons. The summed E-state index contributed by atoms with van der Waals surface area (Å²) in [5.41, 5.74) is 6.55. The first-order chi connectivity index (χ1) is 10.6. The van der Waals surface area contributed by atoms with E-state index in [-0.39, 0.29) is 11.9 Å². The third-order valence-electron chi connectivity index (χ3n) is 4.35. The normalized spacial score (nSPS) is 15.6. The number of rotatable bonds is 9. The second-order valence-electron chi connectivity index (χ2n) is 6.18. The predicted octanol–water partition coefficient (Wildman–Crippen LogP) is 4.30. The van der Waals surface area contributed by atoms with Gasteiger partial charge in [-0.3, -0.25) is 4.79 Å². The molecular weight excluding hydrogens is 296 g/mol. The molecule has 1 aromatic rings. The molecule has 122 valence electrons. The van der Waals surface area contributed by atoms with E-state index in [0.29, 0.717) is 12.5 Å². The Morgan fingerprint density at radius 3 is 2.59 bits per heavy atom. The fourth-order valence-electron chi connectivity index (χ4n) is 2.96. The largest absolute Gasteiger partial charge is 0.333 e. The number of hydrogen-bond donors (Lipinski definition) is 1. The van der Waals surface area contributed by atoms with Crippen LogP contribution in [0.25, 0.3) is 0 Å². The molecule has 1 unspecified atom stereocenters. The Morgan fingerprint density at radius 2 is 1.95 bits per heavy atom. The molecule has 1 atom stereocenters. The van der Waals surface area contributed by atoms with E-state index >= 15 is 0 Å². The molecule has 0 aromatic heterocycles. The molecule has 22 heavy (non-hydrogen) atoms. The molecule has 0 bridgehead atoms. The maximum atomic E-state index is 12.6. The first-order valence-corrected chi connectivity index (χ1v) is 8.78. The highest BCUT2D eigenvalue weighted by molar-refractivity contribution is 6.31. The molecule has 2 N–H and O–H groups in total. The second kappa shape index (κ2) is 8.54. The number of hydrogen-bond acceptors (Lipinski definition) is 2. The van der Waals surface area contributed by atoms with Crippen LogP contribution in [0.15, 0.2) is 24.3 Å². The Kier molecular flexibility index (Phi) is 6.71. The third kappa shape index (κ3) is 4.72. The summed E-state index contributed by atoms with van der Waals surface area (Å²) in [6, 6.07) is 8.30. The molecule has 1 amide bonds. The van der Waals surface area contributed by atoms with Gasteiger partial charge in [0.25, 0.3) is 0 Å². The summed E-state index contributed by atoms with van der Waals surface area (Å²) >= 11 is 6.30. The van der Waals surface area contributed by atoms with Gasteiger partial charge in [0.2, 0.25) is 5.91 Å². The van der Waals surface area contributed by atoms with Crippen molar-refractivity contribution in [1.82, 2.24) is 4.90 Å². The minimum atomic E-state index is 0.0535. The lowest BCUT2D eigenvalue weighted by Gasteiger charge is -2.30. The van der Waals surface area contributed by atoms with Gasteiger partial charge in [-0.1, -0.05) is 42.6 Å². The van der Waals surface area contributed by atoms with Crippen LogP contribution in [0.3, 0.4) is 0 Å². The van der Waals surface area contributed by atoms with Crippen molar-refractivity contribution in [3.63, 3.8) is 0 Å². The van der Waals surface area contributed by atoms with Crippen LogP contribution in [0.4, 0.5) is 0 Å². The van der Waals surface area contributed by atoms with Crippen LogP contribution in [-0.4, -0.2) is 23.4 Å². The van der Waals surface area contributed by atoms with E-state index < -0.39 is 0 Å². The van der Waals surface area contributed by atoms with E-state index in [1.54, 1.807) is 0 Å². The number of nitrogens with zero attached hydrogens (tertiary/aromatic N) is 1. The summed E-state index contributed by atoms with van der Waals surface area (Å²) in [5, 5.41) is 0.747. The number of carbonyl (C=O) groups excluding carboxylic acids is 1. The lowest BCUT2D eigenvalue weighted by atomic mass is 10.1. The van der Waals surface area contributed by atoms with Crippen molar-refractivity contribution in [3.05, 3.63) is 34.9 Å². The maximum absolute atomic E-state index is 12.6. The fourth-order valence-corrected chi connectivity index (χ4v) is 3.25. The summed E-state index contributed by atoms with van der Waals surface area (Å²) in [4.78, 5) is 14.7. The van der Waals surface area contributed by atoms with Crippen molar-refractivity contribution in [2.24, 2.45) is 5.73 Å². The minimum absolute atomic E-state index is 0.0535. The van der Waals surface area contributed by atoms with Gasteiger partial charge in [0.1, 0.15) is 0 Å². The summed E-state index contributed by atoms with van der Waals surface area (Å²) < 4.78 is 0. The molecule has 1 aliphatic rings. The zero-order chi connectivity index (χ0) is 15.9. The van der Waals surface area contributed by atoms with Gasteiger partial charge in [0, 0.05) is 17.5 Å². The van der Waals surface area contributed by atoms with Gasteiger partial charge in [0.15, 0.2) is 0 Å². The Labute approximate surface area is 138 Å². The number of carbonyl (C=O) groups is 1. The van der Waals surface area contributed by atoms with Crippen molar-refractivity contribution >= 4 is 17.5 Å². The first-order valence-electron chi connectivity index (χ1n) is 8.40. The zero-order valence-electron chi connectivity index (χ0n) is 13.4. The minimum Gasteiger partial charge on any atom is -0.333 e. The van der Waals surface area contributed by atoms with Gasteiger partial charge in [-0.2, -0.15) is 0 Å². The average molecular weight is 323 g/mol. The Balaban J connectivity index is 1.94. The molecule has 1 aliphatic carbocycles. The van der Waals surface area contributed by atoms with Gasteiger partial charge in [-0.15, -0.1) is 0 Å². The van der Waals surface area contributed by atoms with Crippen LogP contribution in [-0.2, 0) is 4.79 Å². The molecule has 3 nitrogen and oxygen atoms in total. The Hall–Kier alpha value is -1.06. The maximum Gasteiger partial charge on any atom is 0.223 e. The topological polar surface area (TPSA) is 46.3 Å². The molecule has 2 rings (SSSR count). The molecule has 0 heterocycles. The third-order valence-corrected chi connectivity index (χ3v) is 4.69. The number of amides is 1. The van der Waals surface area contributed by atoms with Crippen LogP contribution in [0, 0.1) is 0 Å². The highest BCUT2D eigenvalue weighted by atomic mass is 35.5. The van der Waals surface area contributed by atoms with Crippen molar-refractivity contribution in [2.75, 3.05) is 6.54 Å². The van der Waals surface area contributed by atoms with Gasteiger partial charge in [-0.05, 0) is 50.8 Å². The van der Waals surface area contributed by atoms with Crippen molar-refractivity contribution in [2.45, 2.75) is 64.0 Å². The quantitative estimate of drug-likeness (QED) is 0.689. The van der Waals surface area contributed by atoms with E-state index in [2.05, 4.69) is 11.8 Å². The van der Waals surface area contributed by atoms with E-state index in [4.69, 9.17) is 17.3 Å². The van der Waals surface area contributed by atoms with E-state index in [1.165, 1.54) is 0 Å². The molecule has 0 spiro atoms. The van der Waals surface area contributed by atoms with Crippen molar-refractivity contribution in [1.29, 1.82) is 0 Å². The molecule has 1 saturated carbocycles. The molecule has 1 aromatic carbocycles. The van der Waals surface area contributed by atoms with E-state index in [1.807, 2.05) is 24.3 Å². The smallest absolute Gasteiger partial charge is 0.223 e. The van der Waals surface area contributed by atoms with Crippen LogP contribution in [0.2, 0.25) is 5.02 Å². The predicted molar refractivity (Wildman–Crippen MR) is 91.9 cm³/mol. The summed E-state index contributed by atoms with van der Waals surface area (Å²) in [6.07, 6.45) is 7.08. The van der Waals surface area contributed by atoms with Crippen LogP contribution < -0.4 is 5.73 Å². The number of benzene rings is 1. The highest BCUT2D eigenvalue weighted by Crippen LogP contribution is 2.37. The first kappa shape index (κ1) is 17.3. The van der Waals surface area contributed by atoms with Crippen LogP contribution in [0.5, 0.6) is 0 Å². The zero-order valence-corrected chi connectivity index (χ0v) is 14.2.